The minimum absolute atomic E-state index is 0.0631. The second kappa shape index (κ2) is 6.19. The van der Waals surface area contributed by atoms with Crippen LogP contribution in [0.5, 0.6) is 0 Å². The summed E-state index contributed by atoms with van der Waals surface area (Å²) < 4.78 is 26.0. The van der Waals surface area contributed by atoms with Gasteiger partial charge in [0.25, 0.3) is 0 Å². The summed E-state index contributed by atoms with van der Waals surface area (Å²) in [4.78, 5) is 10.7. The van der Waals surface area contributed by atoms with Gasteiger partial charge in [0.2, 0.25) is 10.0 Å². The number of rotatable bonds is 5. The third-order valence-electron chi connectivity index (χ3n) is 2.11. The smallest absolute Gasteiger partial charge is 0.335 e. The van der Waals surface area contributed by atoms with Crippen molar-refractivity contribution in [2.45, 2.75) is 18.2 Å². The summed E-state index contributed by atoms with van der Waals surface area (Å²) in [7, 11) is -3.68. The van der Waals surface area contributed by atoms with Crippen LogP contribution in [0, 0.1) is 11.8 Å². The van der Waals surface area contributed by atoms with E-state index in [4.69, 9.17) is 5.11 Å². The Hall–Kier alpha value is -1.84. The van der Waals surface area contributed by atoms with E-state index in [1.54, 1.807) is 6.92 Å². The van der Waals surface area contributed by atoms with Gasteiger partial charge in [0.05, 0.1) is 10.5 Å². The lowest BCUT2D eigenvalue weighted by Gasteiger charge is -2.05. The molecule has 6 heteroatoms. The lowest BCUT2D eigenvalue weighted by atomic mass is 10.2. The topological polar surface area (TPSA) is 83.5 Å². The molecule has 0 bridgehead atoms. The van der Waals surface area contributed by atoms with E-state index in [1.807, 2.05) is 0 Å². The Kier molecular flexibility index (Phi) is 4.89. The zero-order valence-electron chi connectivity index (χ0n) is 9.80. The quantitative estimate of drug-likeness (QED) is 0.617. The zero-order chi connectivity index (χ0) is 13.6. The van der Waals surface area contributed by atoms with Gasteiger partial charge in [-0.2, -0.15) is 0 Å². The molecule has 0 fully saturated rings. The molecule has 0 aliphatic rings. The van der Waals surface area contributed by atoms with Gasteiger partial charge in [-0.25, -0.2) is 17.9 Å². The van der Waals surface area contributed by atoms with Crippen molar-refractivity contribution in [1.29, 1.82) is 0 Å². The number of carbonyl (C=O) groups is 1. The maximum Gasteiger partial charge on any atom is 0.335 e. The van der Waals surface area contributed by atoms with Crippen LogP contribution in [-0.4, -0.2) is 26.0 Å². The van der Waals surface area contributed by atoms with Crippen LogP contribution in [0.2, 0.25) is 0 Å². The summed E-state index contributed by atoms with van der Waals surface area (Å²) >= 11 is 0. The second-order valence-electron chi connectivity index (χ2n) is 3.41. The SMILES string of the molecule is CC#CCCNS(=O)(=O)c1cccc(C(=O)O)c1. The monoisotopic (exact) mass is 267 g/mol. The highest BCUT2D eigenvalue weighted by atomic mass is 32.2. The molecular weight excluding hydrogens is 254 g/mol. The maximum atomic E-state index is 11.8. The summed E-state index contributed by atoms with van der Waals surface area (Å²) in [6.07, 6.45) is 0.411. The van der Waals surface area contributed by atoms with E-state index in [1.165, 1.54) is 18.2 Å². The first-order valence-electron chi connectivity index (χ1n) is 5.20. The van der Waals surface area contributed by atoms with Crippen molar-refractivity contribution in [1.82, 2.24) is 4.72 Å². The van der Waals surface area contributed by atoms with E-state index in [9.17, 15) is 13.2 Å². The number of aromatic carboxylic acids is 1. The highest BCUT2D eigenvalue weighted by Crippen LogP contribution is 2.11. The Morgan fingerprint density at radius 1 is 1.44 bits per heavy atom. The van der Waals surface area contributed by atoms with Crippen LogP contribution in [-0.2, 0) is 10.0 Å². The second-order valence-corrected chi connectivity index (χ2v) is 5.17. The van der Waals surface area contributed by atoms with Crippen molar-refractivity contribution in [3.05, 3.63) is 29.8 Å². The largest absolute Gasteiger partial charge is 0.478 e. The zero-order valence-corrected chi connectivity index (χ0v) is 10.6. The minimum atomic E-state index is -3.68. The highest BCUT2D eigenvalue weighted by molar-refractivity contribution is 7.89. The lowest BCUT2D eigenvalue weighted by Crippen LogP contribution is -2.24. The number of sulfonamides is 1. The van der Waals surface area contributed by atoms with E-state index in [0.29, 0.717) is 6.42 Å². The normalized spacial score (nSPS) is 10.5. The molecule has 0 aliphatic heterocycles. The van der Waals surface area contributed by atoms with Gasteiger partial charge < -0.3 is 5.11 Å². The predicted octanol–water partition coefficient (Wildman–Crippen LogP) is 1.08. The Morgan fingerprint density at radius 2 is 2.17 bits per heavy atom. The molecule has 0 atom stereocenters. The van der Waals surface area contributed by atoms with Crippen molar-refractivity contribution in [3.63, 3.8) is 0 Å². The van der Waals surface area contributed by atoms with Crippen molar-refractivity contribution in [3.8, 4) is 11.8 Å². The molecule has 1 aromatic carbocycles. The van der Waals surface area contributed by atoms with Crippen LogP contribution >= 0.6 is 0 Å². The maximum absolute atomic E-state index is 11.8. The van der Waals surface area contributed by atoms with Gasteiger partial charge >= 0.3 is 5.97 Å². The van der Waals surface area contributed by atoms with Crippen LogP contribution in [0.1, 0.15) is 23.7 Å². The molecule has 0 saturated carbocycles. The van der Waals surface area contributed by atoms with Crippen molar-refractivity contribution in [2.75, 3.05) is 6.54 Å². The van der Waals surface area contributed by atoms with Gasteiger partial charge in [0.15, 0.2) is 0 Å². The standard InChI is InChI=1S/C12H13NO4S/c1-2-3-4-8-13-18(16,17)11-7-5-6-10(9-11)12(14)15/h5-7,9,13H,4,8H2,1H3,(H,14,15). The van der Waals surface area contributed by atoms with Gasteiger partial charge in [-0.05, 0) is 25.1 Å². The summed E-state index contributed by atoms with van der Waals surface area (Å²) in [6.45, 7) is 1.87. The molecule has 96 valence electrons. The fourth-order valence-corrected chi connectivity index (χ4v) is 2.33. The van der Waals surface area contributed by atoms with Crippen LogP contribution in [0.4, 0.5) is 0 Å². The van der Waals surface area contributed by atoms with E-state index < -0.39 is 16.0 Å². The number of carboxylic acids is 1. The Labute approximate surface area is 106 Å². The van der Waals surface area contributed by atoms with Gasteiger partial charge in [0, 0.05) is 13.0 Å². The molecule has 1 aromatic rings. The van der Waals surface area contributed by atoms with Crippen molar-refractivity contribution >= 4 is 16.0 Å². The molecule has 0 heterocycles. The molecule has 0 saturated heterocycles. The molecule has 0 spiro atoms. The van der Waals surface area contributed by atoms with Crippen LogP contribution < -0.4 is 4.72 Å². The summed E-state index contributed by atoms with van der Waals surface area (Å²) in [5, 5.41) is 8.79. The molecule has 18 heavy (non-hydrogen) atoms. The molecular formula is C12H13NO4S. The highest BCUT2D eigenvalue weighted by Gasteiger charge is 2.14. The summed E-state index contributed by atoms with van der Waals surface area (Å²) in [6, 6.07) is 5.20. The summed E-state index contributed by atoms with van der Waals surface area (Å²) in [5.41, 5.74) is -0.0637. The molecule has 1 rings (SSSR count). The number of hydrogen-bond acceptors (Lipinski definition) is 3. The molecule has 0 amide bonds. The number of carboxylic acid groups (broad SMARTS) is 1. The Balaban J connectivity index is 2.86. The number of nitrogens with one attached hydrogen (secondary N) is 1. The van der Waals surface area contributed by atoms with Crippen LogP contribution in [0.3, 0.4) is 0 Å². The van der Waals surface area contributed by atoms with Crippen LogP contribution in [0.15, 0.2) is 29.2 Å². The number of benzene rings is 1. The first-order chi connectivity index (χ1) is 8.47. The fraction of sp³-hybridized carbons (Fsp3) is 0.250. The van der Waals surface area contributed by atoms with Crippen molar-refractivity contribution in [2.24, 2.45) is 0 Å². The number of hydrogen-bond donors (Lipinski definition) is 2. The van der Waals surface area contributed by atoms with E-state index in [0.717, 1.165) is 6.07 Å². The van der Waals surface area contributed by atoms with E-state index >= 15 is 0 Å². The lowest BCUT2D eigenvalue weighted by molar-refractivity contribution is 0.0696. The molecule has 0 unspecified atom stereocenters. The summed E-state index contributed by atoms with van der Waals surface area (Å²) in [5.74, 6) is 4.22. The first kappa shape index (κ1) is 14.2. The third kappa shape index (κ3) is 3.87. The van der Waals surface area contributed by atoms with Crippen LogP contribution in [0.25, 0.3) is 0 Å². The average Bonchev–Trinajstić information content (AvgIpc) is 2.35. The first-order valence-corrected chi connectivity index (χ1v) is 6.68. The van der Waals surface area contributed by atoms with Gasteiger partial charge in [-0.15, -0.1) is 11.8 Å². The Morgan fingerprint density at radius 3 is 2.78 bits per heavy atom. The van der Waals surface area contributed by atoms with Crippen molar-refractivity contribution < 1.29 is 18.3 Å². The Bertz CT molecular complexity index is 596. The molecule has 5 nitrogen and oxygen atoms in total. The van der Waals surface area contributed by atoms with E-state index in [2.05, 4.69) is 16.6 Å². The predicted molar refractivity (Wildman–Crippen MR) is 66.7 cm³/mol. The minimum Gasteiger partial charge on any atom is -0.478 e. The fourth-order valence-electron chi connectivity index (χ4n) is 1.25. The third-order valence-corrected chi connectivity index (χ3v) is 3.57. The van der Waals surface area contributed by atoms with Gasteiger partial charge in [-0.3, -0.25) is 0 Å². The molecule has 0 aliphatic carbocycles. The molecule has 2 N–H and O–H groups in total. The van der Waals surface area contributed by atoms with Gasteiger partial charge in [-0.1, -0.05) is 6.07 Å². The van der Waals surface area contributed by atoms with Gasteiger partial charge in [0.1, 0.15) is 0 Å². The average molecular weight is 267 g/mol. The van der Waals surface area contributed by atoms with E-state index in [-0.39, 0.29) is 17.0 Å². The molecule has 0 radical (unpaired) electrons. The molecule has 0 aromatic heterocycles.